The summed E-state index contributed by atoms with van der Waals surface area (Å²) in [4.78, 5) is 0. The van der Waals surface area contributed by atoms with E-state index in [1.807, 2.05) is 27.7 Å². The lowest BCUT2D eigenvalue weighted by molar-refractivity contribution is 0.0200. The number of hydrogen-bond acceptors (Lipinski definition) is 2. The Balaban J connectivity index is 2.75. The minimum Gasteiger partial charge on any atom is -0.250 e. The van der Waals surface area contributed by atoms with Crippen molar-refractivity contribution in [3.63, 3.8) is 0 Å². The minimum absolute atomic E-state index is 0.363. The molecular weight excluding hydrogens is 225 g/mol. The molecule has 0 unspecified atom stereocenters. The van der Waals surface area contributed by atoms with Gasteiger partial charge >= 0.3 is 0 Å². The van der Waals surface area contributed by atoms with Crippen molar-refractivity contribution >= 4 is 9.73 Å². The lowest BCUT2D eigenvalue weighted by Gasteiger charge is -2.41. The molecule has 16 heavy (non-hydrogen) atoms. The summed E-state index contributed by atoms with van der Waals surface area (Å²) in [6, 6.07) is 0. The van der Waals surface area contributed by atoms with Gasteiger partial charge in [-0.2, -0.15) is 0 Å². The molecule has 0 bridgehead atoms. The maximum atomic E-state index is 14.6. The summed E-state index contributed by atoms with van der Waals surface area (Å²) < 4.78 is 31.1. The fourth-order valence-electron chi connectivity index (χ4n) is 2.01. The average Bonchev–Trinajstić information content (AvgIpc) is 2.19. The van der Waals surface area contributed by atoms with Gasteiger partial charge in [0.15, 0.2) is 0 Å². The standard InChI is InChI=1S/C12H24FNOS/c1-5-8-14-16(15)9-6-12(13,7-10-16)11(2,3)4/h5-10H2,1-4H3. The highest BCUT2D eigenvalue weighted by Gasteiger charge is 2.45. The van der Waals surface area contributed by atoms with E-state index in [2.05, 4.69) is 4.36 Å². The number of alkyl halides is 1. The lowest BCUT2D eigenvalue weighted by Crippen LogP contribution is -2.45. The second kappa shape index (κ2) is 4.63. The van der Waals surface area contributed by atoms with E-state index < -0.39 is 15.4 Å². The van der Waals surface area contributed by atoms with Gasteiger partial charge in [-0.15, -0.1) is 0 Å². The van der Waals surface area contributed by atoms with E-state index >= 15 is 0 Å². The summed E-state index contributed by atoms with van der Waals surface area (Å²) in [7, 11) is -2.10. The van der Waals surface area contributed by atoms with Crippen molar-refractivity contribution in [1.82, 2.24) is 0 Å². The Hall–Kier alpha value is -0.120. The van der Waals surface area contributed by atoms with Crippen LogP contribution in [0.4, 0.5) is 4.39 Å². The van der Waals surface area contributed by atoms with E-state index in [1.54, 1.807) is 0 Å². The largest absolute Gasteiger partial charge is 0.250 e. The summed E-state index contributed by atoms with van der Waals surface area (Å²) in [5, 5.41) is 0. The van der Waals surface area contributed by atoms with Crippen LogP contribution in [0.5, 0.6) is 0 Å². The molecule has 0 aromatic rings. The molecule has 0 aliphatic carbocycles. The number of nitrogens with zero attached hydrogens (tertiary/aromatic N) is 1. The fraction of sp³-hybridized carbons (Fsp3) is 1.00. The summed E-state index contributed by atoms with van der Waals surface area (Å²) >= 11 is 0. The van der Waals surface area contributed by atoms with Crippen LogP contribution in [0.2, 0.25) is 0 Å². The molecule has 0 amide bonds. The zero-order valence-corrected chi connectivity index (χ0v) is 11.7. The summed E-state index contributed by atoms with van der Waals surface area (Å²) in [5.74, 6) is 0.863. The maximum Gasteiger partial charge on any atom is 0.117 e. The van der Waals surface area contributed by atoms with Crippen LogP contribution in [0.1, 0.15) is 47.0 Å². The molecule has 1 saturated heterocycles. The molecule has 0 saturated carbocycles. The predicted molar refractivity (Wildman–Crippen MR) is 68.0 cm³/mol. The van der Waals surface area contributed by atoms with Gasteiger partial charge in [-0.25, -0.2) is 13.0 Å². The first-order chi connectivity index (χ1) is 7.22. The van der Waals surface area contributed by atoms with Gasteiger partial charge in [0.1, 0.15) is 5.67 Å². The van der Waals surface area contributed by atoms with Crippen LogP contribution in [0.15, 0.2) is 4.36 Å². The molecule has 0 N–H and O–H groups in total. The average molecular weight is 249 g/mol. The fourth-order valence-corrected chi connectivity index (χ4v) is 4.27. The Morgan fingerprint density at radius 3 is 2.19 bits per heavy atom. The van der Waals surface area contributed by atoms with Gasteiger partial charge in [0.25, 0.3) is 0 Å². The van der Waals surface area contributed by atoms with Crippen LogP contribution in [-0.2, 0) is 9.73 Å². The molecule has 96 valence electrons. The van der Waals surface area contributed by atoms with E-state index in [9.17, 15) is 8.60 Å². The third-order valence-electron chi connectivity index (χ3n) is 3.53. The zero-order chi connectivity index (χ0) is 12.4. The third kappa shape index (κ3) is 2.96. The molecule has 1 aliphatic heterocycles. The van der Waals surface area contributed by atoms with Gasteiger partial charge in [-0.05, 0) is 24.7 Å². The van der Waals surface area contributed by atoms with E-state index in [-0.39, 0.29) is 5.41 Å². The summed E-state index contributed by atoms with van der Waals surface area (Å²) in [5.41, 5.74) is -1.53. The number of hydrogen-bond donors (Lipinski definition) is 0. The number of rotatable bonds is 2. The highest BCUT2D eigenvalue weighted by Crippen LogP contribution is 2.43. The van der Waals surface area contributed by atoms with Gasteiger partial charge in [-0.1, -0.05) is 27.7 Å². The van der Waals surface area contributed by atoms with Gasteiger partial charge < -0.3 is 0 Å². The van der Waals surface area contributed by atoms with E-state index in [1.165, 1.54) is 0 Å². The molecule has 1 heterocycles. The molecule has 0 radical (unpaired) electrons. The maximum absolute atomic E-state index is 14.6. The van der Waals surface area contributed by atoms with Gasteiger partial charge in [0.05, 0.1) is 0 Å². The Bertz CT molecular complexity index is 337. The molecule has 2 nitrogen and oxygen atoms in total. The minimum atomic E-state index is -2.10. The summed E-state index contributed by atoms with van der Waals surface area (Å²) in [6.45, 7) is 8.42. The summed E-state index contributed by atoms with van der Waals surface area (Å²) in [6.07, 6.45) is 1.70. The predicted octanol–water partition coefficient (Wildman–Crippen LogP) is 3.41. The molecule has 0 aromatic carbocycles. The monoisotopic (exact) mass is 249 g/mol. The second-order valence-corrected chi connectivity index (χ2v) is 8.37. The van der Waals surface area contributed by atoms with Crippen LogP contribution < -0.4 is 0 Å². The van der Waals surface area contributed by atoms with Gasteiger partial charge in [-0.3, -0.25) is 0 Å². The Kier molecular flexibility index (Phi) is 4.04. The van der Waals surface area contributed by atoms with Crippen molar-refractivity contribution in [2.24, 2.45) is 9.78 Å². The first-order valence-electron chi connectivity index (χ1n) is 6.10. The smallest absolute Gasteiger partial charge is 0.117 e. The number of halogens is 1. The first kappa shape index (κ1) is 13.9. The molecule has 1 fully saturated rings. The Morgan fingerprint density at radius 2 is 1.81 bits per heavy atom. The van der Waals surface area contributed by atoms with E-state index in [0.29, 0.717) is 30.9 Å². The lowest BCUT2D eigenvalue weighted by atomic mass is 9.74. The van der Waals surface area contributed by atoms with Gasteiger partial charge in [0.2, 0.25) is 0 Å². The first-order valence-corrected chi connectivity index (χ1v) is 7.95. The molecule has 0 aromatic heterocycles. The van der Waals surface area contributed by atoms with Crippen molar-refractivity contribution in [2.45, 2.75) is 52.6 Å². The second-order valence-electron chi connectivity index (χ2n) is 5.75. The van der Waals surface area contributed by atoms with Crippen molar-refractivity contribution < 1.29 is 8.60 Å². The topological polar surface area (TPSA) is 29.4 Å². The SMILES string of the molecule is CCCN=S1(=O)CCC(F)(C(C)(C)C)CC1. The Morgan fingerprint density at radius 1 is 1.31 bits per heavy atom. The highest BCUT2D eigenvalue weighted by molar-refractivity contribution is 7.93. The highest BCUT2D eigenvalue weighted by atomic mass is 32.2. The van der Waals surface area contributed by atoms with Crippen molar-refractivity contribution in [1.29, 1.82) is 0 Å². The zero-order valence-electron chi connectivity index (χ0n) is 10.9. The van der Waals surface area contributed by atoms with E-state index in [4.69, 9.17) is 0 Å². The van der Waals surface area contributed by atoms with Crippen molar-refractivity contribution in [3.05, 3.63) is 0 Å². The molecule has 0 atom stereocenters. The van der Waals surface area contributed by atoms with Crippen LogP contribution in [0.25, 0.3) is 0 Å². The van der Waals surface area contributed by atoms with Crippen molar-refractivity contribution in [2.75, 3.05) is 18.1 Å². The van der Waals surface area contributed by atoms with Crippen LogP contribution in [-0.4, -0.2) is 27.9 Å². The Labute approximate surface area is 99.2 Å². The molecule has 1 aliphatic rings. The quantitative estimate of drug-likeness (QED) is 0.737. The molecule has 0 spiro atoms. The third-order valence-corrected chi connectivity index (χ3v) is 5.87. The van der Waals surface area contributed by atoms with Crippen LogP contribution in [0.3, 0.4) is 0 Å². The van der Waals surface area contributed by atoms with Crippen LogP contribution >= 0.6 is 0 Å². The molecular formula is C12H24FNOS. The normalized spacial score (nSPS) is 36.1. The van der Waals surface area contributed by atoms with Crippen LogP contribution in [0, 0.1) is 5.41 Å². The van der Waals surface area contributed by atoms with Crippen molar-refractivity contribution in [3.8, 4) is 0 Å². The van der Waals surface area contributed by atoms with Gasteiger partial charge in [0, 0.05) is 27.8 Å². The molecule has 1 rings (SSSR count). The van der Waals surface area contributed by atoms with E-state index in [0.717, 1.165) is 6.42 Å². The molecule has 4 heteroatoms.